The molecule has 2 heterocycles. The van der Waals surface area contributed by atoms with E-state index in [0.717, 1.165) is 43.5 Å². The fourth-order valence-electron chi connectivity index (χ4n) is 4.48. The highest BCUT2D eigenvalue weighted by molar-refractivity contribution is 5.78. The van der Waals surface area contributed by atoms with Crippen molar-refractivity contribution in [1.29, 1.82) is 5.26 Å². The lowest BCUT2D eigenvalue weighted by molar-refractivity contribution is -0.183. The third-order valence-corrected chi connectivity index (χ3v) is 6.10. The molecule has 4 rings (SSSR count). The molecule has 156 valence electrons. The first kappa shape index (κ1) is 20.4. The van der Waals surface area contributed by atoms with Crippen molar-refractivity contribution in [3.05, 3.63) is 58.7 Å². The zero-order chi connectivity index (χ0) is 21.1. The Bertz CT molecular complexity index is 949. The number of hydrogen-bond acceptors (Lipinski definition) is 5. The molecule has 2 aromatic rings. The Kier molecular flexibility index (Phi) is 6.05. The fourth-order valence-corrected chi connectivity index (χ4v) is 4.48. The highest BCUT2D eigenvalue weighted by Gasteiger charge is 2.37. The molecule has 1 aromatic carbocycles. The molecule has 1 saturated carbocycles. The van der Waals surface area contributed by atoms with Crippen molar-refractivity contribution < 1.29 is 14.0 Å². The number of hydrogen-bond donors (Lipinski definition) is 0. The zero-order valence-corrected chi connectivity index (χ0v) is 17.1. The third kappa shape index (κ3) is 4.49. The summed E-state index contributed by atoms with van der Waals surface area (Å²) >= 11 is 0. The number of hydroxylamine groups is 2. The topological polar surface area (TPSA) is 79.1 Å². The van der Waals surface area contributed by atoms with Gasteiger partial charge in [0.05, 0.1) is 35.7 Å². The van der Waals surface area contributed by atoms with E-state index in [0.29, 0.717) is 24.5 Å². The number of nitriles is 1. The second-order valence-corrected chi connectivity index (χ2v) is 8.27. The number of aryl methyl sites for hydroxylation is 1. The summed E-state index contributed by atoms with van der Waals surface area (Å²) in [6.07, 6.45) is 5.02. The molecule has 0 radical (unpaired) electrons. The largest absolute Gasteiger partial charge is 0.272 e. The maximum absolute atomic E-state index is 13.9. The van der Waals surface area contributed by atoms with Gasteiger partial charge in [-0.3, -0.25) is 9.63 Å². The Morgan fingerprint density at radius 2 is 2.00 bits per heavy atom. The Labute approximate surface area is 175 Å². The number of benzene rings is 1. The summed E-state index contributed by atoms with van der Waals surface area (Å²) in [6.45, 7) is 2.34. The number of aromatic nitrogens is 2. The van der Waals surface area contributed by atoms with Crippen LogP contribution in [0.4, 0.5) is 4.39 Å². The minimum atomic E-state index is -0.469. The van der Waals surface area contributed by atoms with E-state index in [9.17, 15) is 9.18 Å². The predicted molar refractivity (Wildman–Crippen MR) is 107 cm³/mol. The molecular formula is C23H25FN4O2. The third-order valence-electron chi connectivity index (χ3n) is 6.10. The lowest BCUT2D eigenvalue weighted by atomic mass is 9.79. The molecule has 1 atom stereocenters. The van der Waals surface area contributed by atoms with Crippen molar-refractivity contribution in [2.75, 3.05) is 6.61 Å². The van der Waals surface area contributed by atoms with Gasteiger partial charge >= 0.3 is 0 Å². The van der Waals surface area contributed by atoms with Crippen LogP contribution in [-0.2, 0) is 16.1 Å². The molecule has 6 nitrogen and oxygen atoms in total. The van der Waals surface area contributed by atoms with Crippen LogP contribution in [0.2, 0.25) is 0 Å². The van der Waals surface area contributed by atoms with Crippen LogP contribution < -0.4 is 0 Å². The van der Waals surface area contributed by atoms with Gasteiger partial charge in [-0.25, -0.2) is 9.45 Å². The van der Waals surface area contributed by atoms with Gasteiger partial charge < -0.3 is 0 Å². The number of halogens is 1. The van der Waals surface area contributed by atoms with Gasteiger partial charge in [-0.05, 0) is 80.8 Å². The number of carbonyl (C=O) groups excluding carboxylic acids is 1. The summed E-state index contributed by atoms with van der Waals surface area (Å²) in [6, 6.07) is 9.86. The molecule has 1 aliphatic carbocycles. The SMILES string of the molecule is Cc1ccc(CC2CCC(C(=O)N3OCC[C@H]3c3cc(F)cc(C#N)c3)CC2)nn1. The van der Waals surface area contributed by atoms with E-state index in [-0.39, 0.29) is 23.4 Å². The maximum Gasteiger partial charge on any atom is 0.249 e. The summed E-state index contributed by atoms with van der Waals surface area (Å²) in [5.74, 6) is -0.0883. The van der Waals surface area contributed by atoms with Crippen LogP contribution in [0.1, 0.15) is 60.7 Å². The van der Waals surface area contributed by atoms with Gasteiger partial charge in [-0.2, -0.15) is 15.5 Å². The second kappa shape index (κ2) is 8.88. The molecule has 7 heteroatoms. The molecule has 0 spiro atoms. The number of rotatable bonds is 4. The van der Waals surface area contributed by atoms with Crippen molar-refractivity contribution in [2.24, 2.45) is 11.8 Å². The van der Waals surface area contributed by atoms with Gasteiger partial charge in [0, 0.05) is 12.3 Å². The molecule has 0 N–H and O–H groups in total. The average molecular weight is 408 g/mol. The van der Waals surface area contributed by atoms with Crippen LogP contribution in [0.5, 0.6) is 0 Å². The van der Waals surface area contributed by atoms with Crippen LogP contribution in [0, 0.1) is 35.9 Å². The molecule has 1 aromatic heterocycles. The normalized spacial score (nSPS) is 23.9. The second-order valence-electron chi connectivity index (χ2n) is 8.27. The molecule has 1 amide bonds. The van der Waals surface area contributed by atoms with Crippen LogP contribution in [0.25, 0.3) is 0 Å². The quantitative estimate of drug-likeness (QED) is 0.763. The Hall–Kier alpha value is -2.85. The van der Waals surface area contributed by atoms with Crippen LogP contribution in [0.3, 0.4) is 0 Å². The van der Waals surface area contributed by atoms with Crippen LogP contribution >= 0.6 is 0 Å². The fraction of sp³-hybridized carbons (Fsp3) is 0.478. The molecule has 2 aliphatic rings. The Morgan fingerprint density at radius 3 is 2.70 bits per heavy atom. The van der Waals surface area contributed by atoms with E-state index in [1.54, 1.807) is 6.07 Å². The van der Waals surface area contributed by atoms with E-state index in [1.165, 1.54) is 17.2 Å². The standard InChI is InChI=1S/C23H25FN4O2/c1-15-2-7-21(27-26-15)12-16-3-5-18(6-4-16)23(29)28-22(8-9-30-28)19-10-17(14-25)11-20(24)13-19/h2,7,10-11,13,16,18,22H,3-6,8-9,12H2,1H3/t16?,18?,22-/m0/s1. The van der Waals surface area contributed by atoms with Gasteiger partial charge in [0.15, 0.2) is 0 Å². The molecular weight excluding hydrogens is 383 g/mol. The predicted octanol–water partition coefficient (Wildman–Crippen LogP) is 4.05. The molecule has 1 aliphatic heterocycles. The smallest absolute Gasteiger partial charge is 0.249 e. The Balaban J connectivity index is 1.38. The van der Waals surface area contributed by atoms with Crippen molar-refractivity contribution in [2.45, 2.75) is 51.5 Å². The van der Waals surface area contributed by atoms with Crippen LogP contribution in [-0.4, -0.2) is 27.8 Å². The van der Waals surface area contributed by atoms with Crippen molar-refractivity contribution in [3.8, 4) is 6.07 Å². The zero-order valence-electron chi connectivity index (χ0n) is 17.1. The highest BCUT2D eigenvalue weighted by atomic mass is 19.1. The van der Waals surface area contributed by atoms with Gasteiger partial charge in [-0.1, -0.05) is 0 Å². The molecule has 30 heavy (non-hydrogen) atoms. The number of nitrogens with zero attached hydrogens (tertiary/aromatic N) is 4. The van der Waals surface area contributed by atoms with Crippen LogP contribution in [0.15, 0.2) is 30.3 Å². The number of carbonyl (C=O) groups is 1. The summed E-state index contributed by atoms with van der Waals surface area (Å²) < 4.78 is 13.9. The summed E-state index contributed by atoms with van der Waals surface area (Å²) in [5.41, 5.74) is 2.78. The van der Waals surface area contributed by atoms with E-state index in [2.05, 4.69) is 10.2 Å². The van der Waals surface area contributed by atoms with Gasteiger partial charge in [0.25, 0.3) is 0 Å². The first-order chi connectivity index (χ1) is 14.5. The molecule has 2 fully saturated rings. The van der Waals surface area contributed by atoms with Crippen molar-refractivity contribution in [3.63, 3.8) is 0 Å². The van der Waals surface area contributed by atoms with Gasteiger partial charge in [-0.15, -0.1) is 0 Å². The van der Waals surface area contributed by atoms with E-state index >= 15 is 0 Å². The summed E-state index contributed by atoms with van der Waals surface area (Å²) in [4.78, 5) is 18.8. The van der Waals surface area contributed by atoms with Gasteiger partial charge in [0.1, 0.15) is 5.82 Å². The lowest BCUT2D eigenvalue weighted by Crippen LogP contribution is -2.36. The van der Waals surface area contributed by atoms with Crippen molar-refractivity contribution in [1.82, 2.24) is 15.3 Å². The first-order valence-corrected chi connectivity index (χ1v) is 10.5. The average Bonchev–Trinajstić information content (AvgIpc) is 3.25. The number of amides is 1. The maximum atomic E-state index is 13.9. The highest BCUT2D eigenvalue weighted by Crippen LogP contribution is 2.37. The minimum Gasteiger partial charge on any atom is -0.272 e. The molecule has 1 saturated heterocycles. The lowest BCUT2D eigenvalue weighted by Gasteiger charge is -2.32. The summed E-state index contributed by atoms with van der Waals surface area (Å²) in [5, 5.41) is 18.9. The Morgan fingerprint density at radius 1 is 1.20 bits per heavy atom. The monoisotopic (exact) mass is 408 g/mol. The van der Waals surface area contributed by atoms with E-state index in [4.69, 9.17) is 10.1 Å². The minimum absolute atomic E-state index is 0.0335. The van der Waals surface area contributed by atoms with Crippen molar-refractivity contribution >= 4 is 5.91 Å². The first-order valence-electron chi connectivity index (χ1n) is 10.5. The van der Waals surface area contributed by atoms with E-state index in [1.807, 2.05) is 25.1 Å². The van der Waals surface area contributed by atoms with Gasteiger partial charge in [0.2, 0.25) is 5.91 Å². The summed E-state index contributed by atoms with van der Waals surface area (Å²) in [7, 11) is 0. The molecule has 0 bridgehead atoms. The van der Waals surface area contributed by atoms with E-state index < -0.39 is 5.82 Å². The molecule has 0 unspecified atom stereocenters.